The highest BCUT2D eigenvalue weighted by Crippen LogP contribution is 2.35. The van der Waals surface area contributed by atoms with E-state index in [2.05, 4.69) is 5.32 Å². The van der Waals surface area contributed by atoms with Crippen molar-refractivity contribution in [1.29, 1.82) is 0 Å². The normalized spacial score (nSPS) is 14.2. The maximum atomic E-state index is 12.9. The minimum Gasteiger partial charge on any atom is -0.495 e. The SMILES string of the molecule is COc1ccccc1S(=O)(=O)N1CCNc2ccccc21. The molecule has 1 aliphatic heterocycles. The molecule has 2 aromatic rings. The fraction of sp³-hybridized carbons (Fsp3) is 0.200. The van der Waals surface area contributed by atoms with Crippen LogP contribution in [-0.2, 0) is 10.0 Å². The van der Waals surface area contributed by atoms with Gasteiger partial charge in [0.15, 0.2) is 0 Å². The quantitative estimate of drug-likeness (QED) is 0.945. The van der Waals surface area contributed by atoms with Gasteiger partial charge in [-0.15, -0.1) is 0 Å². The zero-order chi connectivity index (χ0) is 14.9. The van der Waals surface area contributed by atoms with Gasteiger partial charge in [-0.2, -0.15) is 0 Å². The number of rotatable bonds is 3. The van der Waals surface area contributed by atoms with Crippen molar-refractivity contribution >= 4 is 21.4 Å². The first-order chi connectivity index (χ1) is 10.1. The lowest BCUT2D eigenvalue weighted by atomic mass is 10.2. The summed E-state index contributed by atoms with van der Waals surface area (Å²) in [5, 5.41) is 3.21. The molecule has 3 rings (SSSR count). The molecule has 1 heterocycles. The Balaban J connectivity index is 2.12. The summed E-state index contributed by atoms with van der Waals surface area (Å²) in [6, 6.07) is 14.1. The highest BCUT2D eigenvalue weighted by atomic mass is 32.2. The topological polar surface area (TPSA) is 58.6 Å². The second kappa shape index (κ2) is 5.29. The molecule has 0 amide bonds. The maximum absolute atomic E-state index is 12.9. The first-order valence-corrected chi connectivity index (χ1v) is 8.07. The van der Waals surface area contributed by atoms with Crippen LogP contribution in [0.1, 0.15) is 0 Å². The van der Waals surface area contributed by atoms with Crippen molar-refractivity contribution in [1.82, 2.24) is 0 Å². The molecule has 5 nitrogen and oxygen atoms in total. The van der Waals surface area contributed by atoms with E-state index in [0.29, 0.717) is 24.5 Å². The number of sulfonamides is 1. The molecule has 0 atom stereocenters. The van der Waals surface area contributed by atoms with Crippen LogP contribution in [0, 0.1) is 0 Å². The molecule has 0 spiro atoms. The third-order valence-corrected chi connectivity index (χ3v) is 5.29. The smallest absolute Gasteiger partial charge is 0.268 e. The summed E-state index contributed by atoms with van der Waals surface area (Å²) in [4.78, 5) is 0.184. The number of hydrogen-bond donors (Lipinski definition) is 1. The van der Waals surface area contributed by atoms with Crippen LogP contribution in [0.25, 0.3) is 0 Å². The molecule has 0 aromatic heterocycles. The number of para-hydroxylation sites is 3. The molecule has 2 aromatic carbocycles. The number of ether oxygens (including phenoxy) is 1. The first-order valence-electron chi connectivity index (χ1n) is 6.63. The molecular weight excluding hydrogens is 288 g/mol. The fourth-order valence-corrected chi connectivity index (χ4v) is 4.10. The van der Waals surface area contributed by atoms with Gasteiger partial charge < -0.3 is 10.1 Å². The Bertz CT molecular complexity index is 759. The lowest BCUT2D eigenvalue weighted by molar-refractivity contribution is 0.402. The fourth-order valence-electron chi connectivity index (χ4n) is 2.45. The van der Waals surface area contributed by atoms with E-state index < -0.39 is 10.0 Å². The van der Waals surface area contributed by atoms with Gasteiger partial charge in [0.1, 0.15) is 10.6 Å². The Morgan fingerprint density at radius 1 is 1.10 bits per heavy atom. The van der Waals surface area contributed by atoms with Crippen LogP contribution in [0.15, 0.2) is 53.4 Å². The summed E-state index contributed by atoms with van der Waals surface area (Å²) < 4.78 is 32.5. The Labute approximate surface area is 124 Å². The third kappa shape index (κ3) is 2.31. The van der Waals surface area contributed by atoms with Crippen LogP contribution in [0.3, 0.4) is 0 Å². The van der Waals surface area contributed by atoms with Crippen LogP contribution in [0.5, 0.6) is 5.75 Å². The second-order valence-electron chi connectivity index (χ2n) is 4.67. The maximum Gasteiger partial charge on any atom is 0.268 e. The van der Waals surface area contributed by atoms with E-state index in [0.717, 1.165) is 5.69 Å². The minimum absolute atomic E-state index is 0.184. The summed E-state index contributed by atoms with van der Waals surface area (Å²) in [7, 11) is -2.18. The number of benzene rings is 2. The van der Waals surface area contributed by atoms with E-state index in [4.69, 9.17) is 4.74 Å². The van der Waals surface area contributed by atoms with Crippen molar-refractivity contribution in [3.63, 3.8) is 0 Å². The van der Waals surface area contributed by atoms with E-state index in [1.165, 1.54) is 11.4 Å². The van der Waals surface area contributed by atoms with Gasteiger partial charge in [-0.3, -0.25) is 4.31 Å². The van der Waals surface area contributed by atoms with Crippen molar-refractivity contribution in [3.05, 3.63) is 48.5 Å². The highest BCUT2D eigenvalue weighted by Gasteiger charge is 2.30. The van der Waals surface area contributed by atoms with Gasteiger partial charge in [-0.1, -0.05) is 24.3 Å². The number of methoxy groups -OCH3 is 1. The highest BCUT2D eigenvalue weighted by molar-refractivity contribution is 7.93. The molecular formula is C15H16N2O3S. The van der Waals surface area contributed by atoms with Crippen LogP contribution >= 0.6 is 0 Å². The van der Waals surface area contributed by atoms with Crippen LogP contribution in [0.2, 0.25) is 0 Å². The predicted octanol–water partition coefficient (Wildman–Crippen LogP) is 2.32. The molecule has 0 radical (unpaired) electrons. The van der Waals surface area contributed by atoms with Crippen LogP contribution < -0.4 is 14.4 Å². The zero-order valence-corrected chi connectivity index (χ0v) is 12.4. The Hall–Kier alpha value is -2.21. The first kappa shape index (κ1) is 13.8. The third-order valence-electron chi connectivity index (χ3n) is 3.44. The van der Waals surface area contributed by atoms with Crippen molar-refractivity contribution in [3.8, 4) is 5.75 Å². The van der Waals surface area contributed by atoms with Gasteiger partial charge >= 0.3 is 0 Å². The number of nitrogens with zero attached hydrogens (tertiary/aromatic N) is 1. The predicted molar refractivity (Wildman–Crippen MR) is 82.5 cm³/mol. The van der Waals surface area contributed by atoms with E-state index >= 15 is 0 Å². The molecule has 21 heavy (non-hydrogen) atoms. The molecule has 0 fully saturated rings. The summed E-state index contributed by atoms with van der Waals surface area (Å²) >= 11 is 0. The average molecular weight is 304 g/mol. The van der Waals surface area contributed by atoms with Gasteiger partial charge in [0.25, 0.3) is 10.0 Å². The minimum atomic E-state index is -3.65. The van der Waals surface area contributed by atoms with Gasteiger partial charge in [0.2, 0.25) is 0 Å². The molecule has 1 N–H and O–H groups in total. The number of hydrogen-bond acceptors (Lipinski definition) is 4. The van der Waals surface area contributed by atoms with Gasteiger partial charge in [0.05, 0.1) is 25.0 Å². The Kier molecular flexibility index (Phi) is 3.47. The van der Waals surface area contributed by atoms with E-state index in [-0.39, 0.29) is 4.90 Å². The number of anilines is 2. The summed E-state index contributed by atoms with van der Waals surface area (Å²) in [6.07, 6.45) is 0. The molecule has 1 aliphatic rings. The zero-order valence-electron chi connectivity index (χ0n) is 11.6. The van der Waals surface area contributed by atoms with Crippen molar-refractivity contribution in [2.75, 3.05) is 29.8 Å². The van der Waals surface area contributed by atoms with E-state index in [1.54, 1.807) is 30.3 Å². The summed E-state index contributed by atoms with van der Waals surface area (Å²) in [5.41, 5.74) is 1.48. The van der Waals surface area contributed by atoms with E-state index in [1.807, 2.05) is 18.2 Å². The standard InChI is InChI=1S/C15H16N2O3S/c1-20-14-8-4-5-9-15(14)21(18,19)17-11-10-16-12-6-2-3-7-13(12)17/h2-9,16H,10-11H2,1H3. The van der Waals surface area contributed by atoms with Crippen LogP contribution in [0.4, 0.5) is 11.4 Å². The largest absolute Gasteiger partial charge is 0.495 e. The van der Waals surface area contributed by atoms with Gasteiger partial charge in [-0.25, -0.2) is 8.42 Å². The number of fused-ring (bicyclic) bond motifs is 1. The number of nitrogens with one attached hydrogen (secondary N) is 1. The average Bonchev–Trinajstić information content (AvgIpc) is 2.54. The van der Waals surface area contributed by atoms with Gasteiger partial charge in [-0.05, 0) is 24.3 Å². The summed E-state index contributed by atoms with van der Waals surface area (Å²) in [5.74, 6) is 0.355. The van der Waals surface area contributed by atoms with Crippen molar-refractivity contribution in [2.24, 2.45) is 0 Å². The lowest BCUT2D eigenvalue weighted by Gasteiger charge is -2.31. The molecule has 0 bridgehead atoms. The molecule has 110 valence electrons. The second-order valence-corrected chi connectivity index (χ2v) is 6.50. The summed E-state index contributed by atoms with van der Waals surface area (Å²) in [6.45, 7) is 0.961. The van der Waals surface area contributed by atoms with Crippen LogP contribution in [-0.4, -0.2) is 28.6 Å². The lowest BCUT2D eigenvalue weighted by Crippen LogP contribution is -2.38. The monoisotopic (exact) mass is 304 g/mol. The molecule has 0 saturated heterocycles. The van der Waals surface area contributed by atoms with E-state index in [9.17, 15) is 8.42 Å². The Morgan fingerprint density at radius 3 is 2.62 bits per heavy atom. The molecule has 0 aliphatic carbocycles. The van der Waals surface area contributed by atoms with Gasteiger partial charge in [0, 0.05) is 6.54 Å². The Morgan fingerprint density at radius 2 is 1.81 bits per heavy atom. The van der Waals surface area contributed by atoms with Crippen molar-refractivity contribution in [2.45, 2.75) is 4.90 Å². The molecule has 0 saturated carbocycles. The molecule has 0 unspecified atom stereocenters. The molecule has 6 heteroatoms. The van der Waals surface area contributed by atoms with Crippen molar-refractivity contribution < 1.29 is 13.2 Å².